The number of carbonyl (C=O) groups is 1. The monoisotopic (exact) mass is 508 g/mol. The van der Waals surface area contributed by atoms with Gasteiger partial charge in [-0.15, -0.1) is 8.80 Å². The van der Waals surface area contributed by atoms with Crippen LogP contribution in [0.15, 0.2) is 43.6 Å². The summed E-state index contributed by atoms with van der Waals surface area (Å²) in [6.07, 6.45) is 0. The van der Waals surface area contributed by atoms with Crippen LogP contribution in [0.2, 0.25) is 0 Å². The minimum Gasteiger partial charge on any atom is -0.508 e. The minimum atomic E-state index is -1.89. The molecule has 1 atom stereocenters. The molecule has 0 saturated heterocycles. The third-order valence-corrected chi connectivity index (χ3v) is 5.76. The summed E-state index contributed by atoms with van der Waals surface area (Å²) in [7, 11) is 3.14. The van der Waals surface area contributed by atoms with Crippen LogP contribution >= 0.6 is 15.9 Å². The largest absolute Gasteiger partial charge is 0.508 e. The molecule has 1 heterocycles. The average molecular weight is 509 g/mol. The van der Waals surface area contributed by atoms with Gasteiger partial charge in [0.15, 0.2) is 17.4 Å². The first-order valence-corrected chi connectivity index (χ1v) is 10.8. The fourth-order valence-corrected chi connectivity index (χ4v) is 3.99. The summed E-state index contributed by atoms with van der Waals surface area (Å²) in [5.41, 5.74) is 1.72. The maximum absolute atomic E-state index is 12.4. The number of hydrogen-bond acceptors (Lipinski definition) is 7. The first-order chi connectivity index (χ1) is 14.6. The van der Waals surface area contributed by atoms with Crippen LogP contribution in [-0.4, -0.2) is 56.0 Å². The van der Waals surface area contributed by atoms with Gasteiger partial charge in [-0.05, 0) is 52.2 Å². The molecular weight excluding hydrogens is 488 g/mol. The molecule has 12 heteroatoms. The van der Waals surface area contributed by atoms with Crippen LogP contribution in [0, 0.1) is 6.92 Å². The van der Waals surface area contributed by atoms with Gasteiger partial charge in [0.2, 0.25) is 0 Å². The molecule has 0 bridgehead atoms. The predicted molar refractivity (Wildman–Crippen MR) is 123 cm³/mol. The zero-order valence-corrected chi connectivity index (χ0v) is 19.4. The number of aryl methyl sites for hydroxylation is 1. The van der Waals surface area contributed by atoms with Gasteiger partial charge in [-0.1, -0.05) is 12.1 Å². The molecule has 31 heavy (non-hydrogen) atoms. The van der Waals surface area contributed by atoms with Crippen molar-refractivity contribution in [2.45, 2.75) is 13.5 Å². The van der Waals surface area contributed by atoms with Crippen molar-refractivity contribution in [2.24, 2.45) is 14.6 Å². The highest BCUT2D eigenvalue weighted by molar-refractivity contribution is 9.10. The van der Waals surface area contributed by atoms with Gasteiger partial charge >= 0.3 is 0 Å². The van der Waals surface area contributed by atoms with Gasteiger partial charge in [0, 0.05) is 18.6 Å². The number of anilines is 1. The van der Waals surface area contributed by atoms with Gasteiger partial charge in [-0.25, -0.2) is 10.1 Å². The number of phenols is 2. The third-order valence-electron chi connectivity index (χ3n) is 4.43. The molecule has 3 rings (SSSR count). The van der Waals surface area contributed by atoms with E-state index in [2.05, 4.69) is 30.0 Å². The molecule has 2 aromatic carbocycles. The van der Waals surface area contributed by atoms with E-state index >= 15 is 0 Å². The van der Waals surface area contributed by atoms with Crippen molar-refractivity contribution in [1.82, 2.24) is 9.91 Å². The maximum Gasteiger partial charge on any atom is 0.269 e. The Morgan fingerprint density at radius 2 is 1.94 bits per heavy atom. The smallest absolute Gasteiger partial charge is 0.269 e. The first-order valence-electron chi connectivity index (χ1n) is 8.99. The highest BCUT2D eigenvalue weighted by Crippen LogP contribution is 2.34. The Labute approximate surface area is 189 Å². The number of nitrogens with two attached hydrogens (primary N) is 1. The Balaban J connectivity index is 1.86. The number of benzene rings is 2. The lowest BCUT2D eigenvalue weighted by Crippen LogP contribution is -2.42. The van der Waals surface area contributed by atoms with Crippen molar-refractivity contribution >= 4 is 50.4 Å². The predicted octanol–water partition coefficient (Wildman–Crippen LogP) is 2.05. The molecule has 0 radical (unpaired) electrons. The lowest BCUT2D eigenvalue weighted by atomic mass is 10.1. The average Bonchev–Trinajstić information content (AvgIpc) is 3.07. The second kappa shape index (κ2) is 9.04. The maximum atomic E-state index is 12.4. The Kier molecular flexibility index (Phi) is 6.62. The normalized spacial score (nSPS) is 15.3. The van der Waals surface area contributed by atoms with Crippen molar-refractivity contribution in [3.05, 3.63) is 51.5 Å². The molecular formula is C19H21BrN6O4S. The number of amides is 1. The van der Waals surface area contributed by atoms with Gasteiger partial charge in [0.25, 0.3) is 17.1 Å². The van der Waals surface area contributed by atoms with E-state index < -0.39 is 17.1 Å². The Bertz CT molecular complexity index is 1130. The van der Waals surface area contributed by atoms with Crippen LogP contribution in [-0.2, 0) is 17.7 Å². The summed E-state index contributed by atoms with van der Waals surface area (Å²) < 4.78 is 20.3. The Hall–Kier alpha value is -2.96. The van der Waals surface area contributed by atoms with E-state index in [1.165, 1.54) is 16.0 Å². The van der Waals surface area contributed by atoms with Gasteiger partial charge in [0.05, 0.1) is 17.8 Å². The summed E-state index contributed by atoms with van der Waals surface area (Å²) >= 11 is 1.38. The molecule has 1 aliphatic rings. The van der Waals surface area contributed by atoms with Gasteiger partial charge in [-0.3, -0.25) is 9.80 Å². The molecule has 0 aliphatic carbocycles. The number of nitrogens with zero attached hydrogens (tertiary/aromatic N) is 4. The molecule has 5 N–H and O–H groups in total. The van der Waals surface area contributed by atoms with E-state index in [-0.39, 0.29) is 41.0 Å². The van der Waals surface area contributed by atoms with Crippen molar-refractivity contribution < 1.29 is 19.2 Å². The van der Waals surface area contributed by atoms with E-state index in [1.807, 2.05) is 0 Å². The highest BCUT2D eigenvalue weighted by Gasteiger charge is 2.26. The van der Waals surface area contributed by atoms with Crippen molar-refractivity contribution in [1.29, 1.82) is 0 Å². The number of rotatable bonds is 4. The molecule has 1 amide bonds. The van der Waals surface area contributed by atoms with E-state index in [0.29, 0.717) is 10.0 Å². The van der Waals surface area contributed by atoms with Crippen LogP contribution in [0.3, 0.4) is 0 Å². The molecule has 0 aromatic heterocycles. The van der Waals surface area contributed by atoms with E-state index in [9.17, 15) is 19.2 Å². The molecule has 0 saturated carbocycles. The number of nitrogens with one attached hydrogen (secondary N) is 1. The quantitative estimate of drug-likeness (QED) is 0.281. The number of hydrazine groups is 1. The Morgan fingerprint density at radius 3 is 2.58 bits per heavy atom. The van der Waals surface area contributed by atoms with Gasteiger partial charge in [0.1, 0.15) is 5.75 Å². The number of carbonyl (C=O) groups excluding carboxylic acids is 1. The zero-order chi connectivity index (χ0) is 22.9. The number of hydrogen-bond donors (Lipinski definition) is 4. The van der Waals surface area contributed by atoms with Crippen LogP contribution in [0.1, 0.15) is 21.5 Å². The van der Waals surface area contributed by atoms with Crippen molar-refractivity contribution in [3.63, 3.8) is 0 Å². The van der Waals surface area contributed by atoms with Crippen molar-refractivity contribution in [2.75, 3.05) is 19.4 Å². The van der Waals surface area contributed by atoms with E-state index in [0.717, 1.165) is 5.56 Å². The molecule has 0 spiro atoms. The number of phenolic OH excluding ortho intramolecular Hbond substituents is 2. The van der Waals surface area contributed by atoms with Gasteiger partial charge in [-0.2, -0.15) is 0 Å². The molecule has 0 fully saturated rings. The molecule has 2 aromatic rings. The second-order valence-corrected chi connectivity index (χ2v) is 8.66. The number of halogens is 1. The summed E-state index contributed by atoms with van der Waals surface area (Å²) in [6.45, 7) is 1.97. The molecule has 164 valence electrons. The van der Waals surface area contributed by atoms with Crippen molar-refractivity contribution in [3.8, 4) is 11.5 Å². The second-order valence-electron chi connectivity index (χ2n) is 6.98. The summed E-state index contributed by atoms with van der Waals surface area (Å²) in [6, 6.07) is 8.17. The van der Waals surface area contributed by atoms with Crippen LogP contribution in [0.25, 0.3) is 0 Å². The Morgan fingerprint density at radius 1 is 1.23 bits per heavy atom. The van der Waals surface area contributed by atoms with E-state index in [1.54, 1.807) is 45.3 Å². The molecule has 1 unspecified atom stereocenters. The standard InChI is InChI=1S/C19H21BrN6O4S/c1-10-8-11(4-7-14(10)27)9-26(21)18-17(23-31(30)24-18)22-13-6-5-12(20)15(16(13)28)19(29)25(2)3/h4-8,27-28H,9,21H2,1-3H3,(H,22,23). The van der Waals surface area contributed by atoms with Crippen LogP contribution in [0.5, 0.6) is 11.5 Å². The topological polar surface area (TPSA) is 144 Å². The minimum absolute atomic E-state index is 0.0670. The van der Waals surface area contributed by atoms with Crippen LogP contribution in [0.4, 0.5) is 5.69 Å². The SMILES string of the molecule is Cc1cc(CN(N)C2=NS(=O)N=C2Nc2ccc(Br)c(C(=O)N(C)C)c2O)ccc1O. The fourth-order valence-electron chi connectivity index (χ4n) is 2.83. The van der Waals surface area contributed by atoms with Crippen LogP contribution < -0.4 is 11.2 Å². The van der Waals surface area contributed by atoms with E-state index in [4.69, 9.17) is 5.84 Å². The molecule has 1 aliphatic heterocycles. The molecule has 10 nitrogen and oxygen atoms in total. The summed E-state index contributed by atoms with van der Waals surface area (Å²) in [5.74, 6) is 5.81. The number of amidine groups is 2. The van der Waals surface area contributed by atoms with Gasteiger partial charge < -0.3 is 20.4 Å². The zero-order valence-electron chi connectivity index (χ0n) is 17.0. The number of aromatic hydroxyl groups is 2. The highest BCUT2D eigenvalue weighted by atomic mass is 79.9. The lowest BCUT2D eigenvalue weighted by molar-refractivity contribution is 0.0824. The lowest BCUT2D eigenvalue weighted by Gasteiger charge is -2.21. The fraction of sp³-hybridized carbons (Fsp3) is 0.211. The third kappa shape index (κ3) is 4.86. The first kappa shape index (κ1) is 22.7. The summed E-state index contributed by atoms with van der Waals surface area (Å²) in [5, 5.41) is 24.4. The summed E-state index contributed by atoms with van der Waals surface area (Å²) in [4.78, 5) is 13.7.